The Morgan fingerprint density at radius 3 is 2.71 bits per heavy atom. The van der Waals surface area contributed by atoms with Gasteiger partial charge in [-0.1, -0.05) is 6.07 Å². The molecule has 1 N–H and O–H groups in total. The summed E-state index contributed by atoms with van der Waals surface area (Å²) in [6, 6.07) is 4.18. The Morgan fingerprint density at radius 2 is 1.97 bits per heavy atom. The van der Waals surface area contributed by atoms with Crippen molar-refractivity contribution in [1.82, 2.24) is 24.1 Å². The number of nitrogens with zero attached hydrogens (tertiary/aromatic N) is 5. The van der Waals surface area contributed by atoms with Crippen molar-refractivity contribution >= 4 is 38.5 Å². The molecule has 1 aliphatic carbocycles. The second-order valence-corrected chi connectivity index (χ2v) is 12.4. The number of anilines is 1. The normalized spacial score (nSPS) is 21.5. The highest BCUT2D eigenvalue weighted by molar-refractivity contribution is 9.10. The Bertz CT molecular complexity index is 1150. The minimum atomic E-state index is -1.14. The minimum absolute atomic E-state index is 0.0114. The number of halogens is 1. The lowest BCUT2D eigenvalue weighted by Crippen LogP contribution is -2.48. The molecule has 31 heavy (non-hydrogen) atoms. The predicted octanol–water partition coefficient (Wildman–Crippen LogP) is 3.82. The zero-order valence-corrected chi connectivity index (χ0v) is 20.4. The van der Waals surface area contributed by atoms with Crippen molar-refractivity contribution in [3.8, 4) is 0 Å². The highest BCUT2D eigenvalue weighted by atomic mass is 79.9. The minimum Gasteiger partial charge on any atom is -0.342 e. The highest BCUT2D eigenvalue weighted by Crippen LogP contribution is 2.52. The van der Waals surface area contributed by atoms with Gasteiger partial charge in [-0.3, -0.25) is 9.38 Å². The van der Waals surface area contributed by atoms with E-state index < -0.39 is 11.0 Å². The number of nitrogens with one attached hydrogen (secondary N) is 1. The fourth-order valence-corrected chi connectivity index (χ4v) is 6.17. The van der Waals surface area contributed by atoms with Crippen LogP contribution in [-0.2, 0) is 17.4 Å². The number of aromatic nitrogens is 4. The van der Waals surface area contributed by atoms with Crippen molar-refractivity contribution in [2.45, 2.75) is 50.8 Å². The summed E-state index contributed by atoms with van der Waals surface area (Å²) < 4.78 is 19.1. The molecule has 9 heteroatoms. The van der Waals surface area contributed by atoms with Gasteiger partial charge in [0.05, 0.1) is 26.2 Å². The summed E-state index contributed by atoms with van der Waals surface area (Å²) in [6.45, 7) is 7.81. The molecule has 0 aromatic carbocycles. The van der Waals surface area contributed by atoms with Gasteiger partial charge in [-0.15, -0.1) is 0 Å². The Morgan fingerprint density at radius 1 is 1.19 bits per heavy atom. The molecule has 0 radical (unpaired) electrons. The third kappa shape index (κ3) is 3.60. The molecule has 0 bridgehead atoms. The van der Waals surface area contributed by atoms with Crippen LogP contribution < -0.4 is 9.62 Å². The summed E-state index contributed by atoms with van der Waals surface area (Å²) >= 11 is 3.54. The Kier molecular flexibility index (Phi) is 5.18. The topological polar surface area (TPSA) is 75.4 Å². The van der Waals surface area contributed by atoms with Crippen LogP contribution in [0.4, 0.5) is 5.95 Å². The van der Waals surface area contributed by atoms with Crippen LogP contribution in [0, 0.1) is 5.41 Å². The van der Waals surface area contributed by atoms with Gasteiger partial charge in [-0.05, 0) is 73.0 Å². The van der Waals surface area contributed by atoms with E-state index in [1.54, 1.807) is 6.20 Å². The van der Waals surface area contributed by atoms with Gasteiger partial charge in [-0.2, -0.15) is 0 Å². The fourth-order valence-electron chi connectivity index (χ4n) is 4.83. The van der Waals surface area contributed by atoms with Crippen molar-refractivity contribution in [1.29, 1.82) is 0 Å². The van der Waals surface area contributed by atoms with Crippen molar-refractivity contribution < 1.29 is 4.21 Å². The van der Waals surface area contributed by atoms with E-state index in [4.69, 9.17) is 0 Å². The third-order valence-electron chi connectivity index (χ3n) is 6.55. The molecule has 0 unspecified atom stereocenters. The number of hydrogen-bond donors (Lipinski definition) is 1. The molecule has 164 valence electrons. The first kappa shape index (κ1) is 21.0. The van der Waals surface area contributed by atoms with E-state index in [2.05, 4.69) is 46.6 Å². The number of pyridine rings is 1. The lowest BCUT2D eigenvalue weighted by atomic mass is 9.73. The number of imidazole rings is 1. The molecule has 0 amide bonds. The predicted molar refractivity (Wildman–Crippen MR) is 126 cm³/mol. The van der Waals surface area contributed by atoms with Crippen molar-refractivity contribution in [2.75, 3.05) is 18.0 Å². The van der Waals surface area contributed by atoms with E-state index in [-0.39, 0.29) is 16.2 Å². The van der Waals surface area contributed by atoms with Crippen LogP contribution in [0.5, 0.6) is 0 Å². The number of piperidine rings is 1. The molecule has 0 saturated carbocycles. The Hall–Kier alpha value is -1.84. The largest absolute Gasteiger partial charge is 0.342 e. The molecule has 2 atom stereocenters. The quantitative estimate of drug-likeness (QED) is 0.588. The van der Waals surface area contributed by atoms with Gasteiger partial charge in [0.15, 0.2) is 5.65 Å². The number of rotatable bonds is 3. The first-order valence-electron chi connectivity index (χ1n) is 10.6. The van der Waals surface area contributed by atoms with E-state index in [0.717, 1.165) is 54.1 Å². The number of hydrogen-bond acceptors (Lipinski definition) is 5. The van der Waals surface area contributed by atoms with Crippen LogP contribution in [0.15, 0.2) is 41.4 Å². The molecular formula is C22H27BrN6OS. The smallest absolute Gasteiger partial charge is 0.211 e. The molecule has 1 fully saturated rings. The van der Waals surface area contributed by atoms with E-state index in [0.29, 0.717) is 0 Å². The van der Waals surface area contributed by atoms with Crippen LogP contribution in [0.1, 0.15) is 50.9 Å². The molecule has 3 aromatic heterocycles. The van der Waals surface area contributed by atoms with E-state index in [1.807, 2.05) is 49.8 Å². The van der Waals surface area contributed by atoms with Gasteiger partial charge in [-0.25, -0.2) is 18.9 Å². The Balaban J connectivity index is 1.43. The van der Waals surface area contributed by atoms with Crippen LogP contribution in [0.2, 0.25) is 0 Å². The lowest BCUT2D eigenvalue weighted by molar-refractivity contribution is 0.176. The lowest BCUT2D eigenvalue weighted by Gasteiger charge is -2.44. The van der Waals surface area contributed by atoms with Gasteiger partial charge in [0.2, 0.25) is 5.95 Å². The van der Waals surface area contributed by atoms with Crippen LogP contribution in [0.25, 0.3) is 5.65 Å². The molecule has 1 aliphatic heterocycles. The number of fused-ring (bicyclic) bond motifs is 2. The first-order chi connectivity index (χ1) is 14.8. The highest BCUT2D eigenvalue weighted by Gasteiger charge is 2.49. The van der Waals surface area contributed by atoms with Crippen molar-refractivity contribution in [3.63, 3.8) is 0 Å². The molecule has 1 saturated heterocycles. The van der Waals surface area contributed by atoms with E-state index >= 15 is 0 Å². The average Bonchev–Trinajstić information content (AvgIpc) is 3.33. The molecule has 3 aromatic rings. The summed E-state index contributed by atoms with van der Waals surface area (Å²) in [5, 5.41) is 0. The maximum Gasteiger partial charge on any atom is 0.211 e. The second kappa shape index (κ2) is 7.64. The first-order valence-corrected chi connectivity index (χ1v) is 12.6. The molecular weight excluding hydrogens is 476 g/mol. The van der Waals surface area contributed by atoms with Gasteiger partial charge in [0.1, 0.15) is 0 Å². The van der Waals surface area contributed by atoms with Gasteiger partial charge < -0.3 is 4.90 Å². The molecule has 7 nitrogen and oxygen atoms in total. The molecule has 1 spiro atoms. The fraction of sp³-hybridized carbons (Fsp3) is 0.500. The summed E-state index contributed by atoms with van der Waals surface area (Å²) in [7, 11) is -1.14. The van der Waals surface area contributed by atoms with E-state index in [9.17, 15) is 4.21 Å². The van der Waals surface area contributed by atoms with Gasteiger partial charge in [0.25, 0.3) is 0 Å². The zero-order chi connectivity index (χ0) is 21.8. The van der Waals surface area contributed by atoms with Crippen LogP contribution in [-0.4, -0.2) is 41.4 Å². The van der Waals surface area contributed by atoms with Crippen LogP contribution in [0.3, 0.4) is 0 Å². The maximum atomic E-state index is 13.0. The molecule has 4 heterocycles. The van der Waals surface area contributed by atoms with Crippen LogP contribution >= 0.6 is 15.9 Å². The Labute approximate surface area is 193 Å². The third-order valence-corrected chi connectivity index (χ3v) is 8.68. The zero-order valence-electron chi connectivity index (χ0n) is 18.0. The standard InChI is InChI=1S/C22H27BrN6OS/c1-21(2,3)31(30)27-18-15-5-4-8-24-17(15)13-22(18)6-10-28(11-7-22)20-26-14-16(23)19-25-9-12-29(19)20/h4-5,8-9,12,14,18,27H,6-7,10-11,13H2,1-3H3/t18-,31-/m1/s1. The summed E-state index contributed by atoms with van der Waals surface area (Å²) in [4.78, 5) is 16.1. The van der Waals surface area contributed by atoms with Gasteiger partial charge >= 0.3 is 0 Å². The second-order valence-electron chi connectivity index (χ2n) is 9.52. The molecule has 2 aliphatic rings. The SMILES string of the molecule is CC(C)(C)[S@@](=O)N[C@@H]1c2cccnc2CC12CCN(c1ncc(Br)c3nccn13)CC2. The van der Waals surface area contributed by atoms with Crippen molar-refractivity contribution in [3.05, 3.63) is 52.7 Å². The van der Waals surface area contributed by atoms with E-state index in [1.165, 1.54) is 5.56 Å². The van der Waals surface area contributed by atoms with Crippen molar-refractivity contribution in [2.24, 2.45) is 5.41 Å². The summed E-state index contributed by atoms with van der Waals surface area (Å²) in [6.07, 6.45) is 10.3. The summed E-state index contributed by atoms with van der Waals surface area (Å²) in [5.74, 6) is 0.918. The maximum absolute atomic E-state index is 13.0. The average molecular weight is 503 g/mol. The molecule has 5 rings (SSSR count). The monoisotopic (exact) mass is 502 g/mol. The van der Waals surface area contributed by atoms with Gasteiger partial charge in [0, 0.05) is 43.6 Å². The summed E-state index contributed by atoms with van der Waals surface area (Å²) in [5.41, 5.74) is 3.23.